The molecule has 4 N–H and O–H groups in total. The minimum absolute atomic E-state index is 0.305. The summed E-state index contributed by atoms with van der Waals surface area (Å²) in [5.41, 5.74) is 6.24. The van der Waals surface area contributed by atoms with Crippen molar-refractivity contribution < 1.29 is 14.7 Å². The molecule has 0 aromatic heterocycles. The van der Waals surface area contributed by atoms with E-state index >= 15 is 0 Å². The van der Waals surface area contributed by atoms with E-state index in [0.717, 1.165) is 5.56 Å². The zero-order valence-corrected chi connectivity index (χ0v) is 13.4. The lowest BCUT2D eigenvalue weighted by Crippen LogP contribution is -2.48. The number of amides is 1. The molecular weight excluding hydrogens is 288 g/mol. The molecule has 0 aliphatic rings. The zero-order valence-electron chi connectivity index (χ0n) is 12.6. The monoisotopic (exact) mass is 310 g/mol. The van der Waals surface area contributed by atoms with Crippen LogP contribution in [0.4, 0.5) is 5.69 Å². The van der Waals surface area contributed by atoms with Crippen molar-refractivity contribution in [2.45, 2.75) is 31.7 Å². The van der Waals surface area contributed by atoms with Crippen molar-refractivity contribution in [2.24, 2.45) is 0 Å². The molecular formula is C15H22N2O3S. The Morgan fingerprint density at radius 3 is 2.38 bits per heavy atom. The van der Waals surface area contributed by atoms with Crippen LogP contribution in [0.1, 0.15) is 25.8 Å². The number of carbonyl (C=O) groups is 2. The topological polar surface area (TPSA) is 92.4 Å². The summed E-state index contributed by atoms with van der Waals surface area (Å²) in [5, 5.41) is 11.8. The minimum atomic E-state index is -1.01. The molecule has 1 aromatic rings. The van der Waals surface area contributed by atoms with Crippen LogP contribution in [0.5, 0.6) is 0 Å². The summed E-state index contributed by atoms with van der Waals surface area (Å²) in [5.74, 6) is -0.634. The molecule has 1 rings (SSSR count). The van der Waals surface area contributed by atoms with Gasteiger partial charge in [-0.2, -0.15) is 11.8 Å². The van der Waals surface area contributed by atoms with Crippen molar-refractivity contribution in [2.75, 3.05) is 17.7 Å². The van der Waals surface area contributed by atoms with Gasteiger partial charge < -0.3 is 16.2 Å². The average Bonchev–Trinajstić information content (AvgIpc) is 2.43. The molecule has 0 saturated carbocycles. The fourth-order valence-corrected chi connectivity index (χ4v) is 2.33. The van der Waals surface area contributed by atoms with Gasteiger partial charge in [-0.15, -0.1) is 0 Å². The van der Waals surface area contributed by atoms with Crippen LogP contribution in [0.2, 0.25) is 0 Å². The van der Waals surface area contributed by atoms with Crippen LogP contribution >= 0.6 is 11.8 Å². The Labute approximate surface area is 129 Å². The predicted molar refractivity (Wildman–Crippen MR) is 86.4 cm³/mol. The molecule has 0 bridgehead atoms. The highest BCUT2D eigenvalue weighted by Crippen LogP contribution is 2.24. The first-order valence-electron chi connectivity index (χ1n) is 6.67. The highest BCUT2D eigenvalue weighted by atomic mass is 32.2. The van der Waals surface area contributed by atoms with Gasteiger partial charge in [0.15, 0.2) is 0 Å². The van der Waals surface area contributed by atoms with Crippen LogP contribution in [0.25, 0.3) is 0 Å². The van der Waals surface area contributed by atoms with E-state index in [-0.39, 0.29) is 5.91 Å². The number of carboxylic acid groups (broad SMARTS) is 1. The summed E-state index contributed by atoms with van der Waals surface area (Å²) < 4.78 is 0. The second kappa shape index (κ2) is 7.36. The minimum Gasteiger partial charge on any atom is -0.480 e. The van der Waals surface area contributed by atoms with Crippen LogP contribution in [0, 0.1) is 0 Å². The molecule has 0 aliphatic carbocycles. The third-order valence-corrected chi connectivity index (χ3v) is 4.06. The number of hydrogen-bond acceptors (Lipinski definition) is 4. The predicted octanol–water partition coefficient (Wildman–Crippen LogP) is 1.87. The fourth-order valence-electron chi connectivity index (χ4n) is 1.86. The number of benzene rings is 1. The van der Waals surface area contributed by atoms with E-state index in [1.807, 2.05) is 6.26 Å². The van der Waals surface area contributed by atoms with Crippen LogP contribution in [-0.4, -0.2) is 35.0 Å². The van der Waals surface area contributed by atoms with Gasteiger partial charge in [-0.1, -0.05) is 12.1 Å². The van der Waals surface area contributed by atoms with Crippen LogP contribution < -0.4 is 11.1 Å². The first-order chi connectivity index (χ1) is 9.78. The lowest BCUT2D eigenvalue weighted by Gasteiger charge is -2.26. The highest BCUT2D eigenvalue weighted by Gasteiger charge is 2.32. The van der Waals surface area contributed by atoms with Gasteiger partial charge in [0.1, 0.15) is 6.04 Å². The van der Waals surface area contributed by atoms with E-state index in [9.17, 15) is 14.7 Å². The molecule has 0 aliphatic heterocycles. The molecule has 0 saturated heterocycles. The first-order valence-corrected chi connectivity index (χ1v) is 8.07. The smallest absolute Gasteiger partial charge is 0.326 e. The third-order valence-electron chi connectivity index (χ3n) is 3.41. The van der Waals surface area contributed by atoms with Crippen molar-refractivity contribution >= 4 is 29.3 Å². The molecule has 0 radical (unpaired) electrons. The SMILES string of the molecule is CSCCC(NC(=O)C(C)(C)c1ccc(N)cc1)C(=O)O. The van der Waals surface area contributed by atoms with E-state index in [2.05, 4.69) is 5.32 Å². The average molecular weight is 310 g/mol. The quantitative estimate of drug-likeness (QED) is 0.669. The number of carbonyl (C=O) groups excluding carboxylic acids is 1. The van der Waals surface area contributed by atoms with Crippen LogP contribution in [-0.2, 0) is 15.0 Å². The number of nitrogens with two attached hydrogens (primary N) is 1. The van der Waals surface area contributed by atoms with E-state index in [4.69, 9.17) is 5.73 Å². The molecule has 1 atom stereocenters. The summed E-state index contributed by atoms with van der Waals surface area (Å²) in [7, 11) is 0. The zero-order chi connectivity index (χ0) is 16.0. The standard InChI is InChI=1S/C15H22N2O3S/c1-15(2,10-4-6-11(16)7-5-10)14(20)17-12(13(18)19)8-9-21-3/h4-7,12H,8-9,16H2,1-3H3,(H,17,20)(H,18,19). The normalized spacial score (nSPS) is 12.7. The van der Waals surface area contributed by atoms with Gasteiger partial charge in [0.2, 0.25) is 5.91 Å². The molecule has 5 nitrogen and oxygen atoms in total. The molecule has 116 valence electrons. The first kappa shape index (κ1) is 17.4. The molecule has 1 aromatic carbocycles. The third kappa shape index (κ3) is 4.67. The van der Waals surface area contributed by atoms with Crippen molar-refractivity contribution in [1.29, 1.82) is 0 Å². The molecule has 0 spiro atoms. The molecule has 0 fully saturated rings. The van der Waals surface area contributed by atoms with Crippen LogP contribution in [0.3, 0.4) is 0 Å². The van der Waals surface area contributed by atoms with Crippen molar-refractivity contribution in [3.8, 4) is 0 Å². The van der Waals surface area contributed by atoms with E-state index < -0.39 is 17.4 Å². The summed E-state index contributed by atoms with van der Waals surface area (Å²) in [6, 6.07) is 6.16. The van der Waals surface area contributed by atoms with E-state index in [1.165, 1.54) is 0 Å². The Hall–Kier alpha value is -1.69. The largest absolute Gasteiger partial charge is 0.480 e. The number of thioether (sulfide) groups is 1. The Balaban J connectivity index is 2.84. The number of aliphatic carboxylic acids is 1. The van der Waals surface area contributed by atoms with Gasteiger partial charge >= 0.3 is 5.97 Å². The molecule has 0 heterocycles. The highest BCUT2D eigenvalue weighted by molar-refractivity contribution is 7.98. The number of nitrogens with one attached hydrogen (secondary N) is 1. The maximum Gasteiger partial charge on any atom is 0.326 e. The van der Waals surface area contributed by atoms with E-state index in [1.54, 1.807) is 49.9 Å². The van der Waals surface area contributed by atoms with Gasteiger partial charge in [-0.3, -0.25) is 4.79 Å². The van der Waals surface area contributed by atoms with Gasteiger partial charge in [-0.25, -0.2) is 4.79 Å². The van der Waals surface area contributed by atoms with Crippen molar-refractivity contribution in [1.82, 2.24) is 5.32 Å². The summed E-state index contributed by atoms with van der Waals surface area (Å²) >= 11 is 1.55. The Morgan fingerprint density at radius 1 is 1.33 bits per heavy atom. The summed E-state index contributed by atoms with van der Waals surface area (Å²) in [6.45, 7) is 3.53. The Bertz CT molecular complexity index is 500. The van der Waals surface area contributed by atoms with Crippen molar-refractivity contribution in [3.05, 3.63) is 29.8 Å². The molecule has 1 amide bonds. The number of hydrogen-bond donors (Lipinski definition) is 3. The second-order valence-electron chi connectivity index (χ2n) is 5.39. The number of rotatable bonds is 7. The Kier molecular flexibility index (Phi) is 6.08. The number of nitrogen functional groups attached to an aromatic ring is 1. The van der Waals surface area contributed by atoms with E-state index in [0.29, 0.717) is 17.9 Å². The lowest BCUT2D eigenvalue weighted by molar-refractivity contribution is -0.142. The molecule has 1 unspecified atom stereocenters. The second-order valence-corrected chi connectivity index (χ2v) is 6.38. The maximum atomic E-state index is 12.4. The van der Waals surface area contributed by atoms with Gasteiger partial charge in [0.05, 0.1) is 5.41 Å². The Morgan fingerprint density at radius 2 is 1.90 bits per heavy atom. The fraction of sp³-hybridized carbons (Fsp3) is 0.467. The molecule has 21 heavy (non-hydrogen) atoms. The van der Waals surface area contributed by atoms with Crippen molar-refractivity contribution in [3.63, 3.8) is 0 Å². The maximum absolute atomic E-state index is 12.4. The summed E-state index contributed by atoms with van der Waals surface area (Å²) in [6.07, 6.45) is 2.30. The summed E-state index contributed by atoms with van der Waals surface area (Å²) in [4.78, 5) is 23.6. The number of carboxylic acids is 1. The van der Waals surface area contributed by atoms with Gasteiger partial charge in [0, 0.05) is 5.69 Å². The lowest BCUT2D eigenvalue weighted by atomic mass is 9.83. The van der Waals surface area contributed by atoms with Gasteiger partial charge in [-0.05, 0) is 50.0 Å². The molecule has 6 heteroatoms. The van der Waals surface area contributed by atoms with Gasteiger partial charge in [0.25, 0.3) is 0 Å². The number of anilines is 1. The van der Waals surface area contributed by atoms with Crippen LogP contribution in [0.15, 0.2) is 24.3 Å².